The molecule has 0 aromatic carbocycles. The molecule has 0 aliphatic carbocycles. The van der Waals surface area contributed by atoms with Gasteiger partial charge in [-0.2, -0.15) is 0 Å². The van der Waals surface area contributed by atoms with Gasteiger partial charge in [0.25, 0.3) is 0 Å². The number of hydrogen-bond acceptors (Lipinski definition) is 13. The number of ether oxygens (including phenoxy) is 6. The third kappa shape index (κ3) is 13.2. The van der Waals surface area contributed by atoms with Gasteiger partial charge in [-0.05, 0) is 6.42 Å². The zero-order valence-corrected chi connectivity index (χ0v) is 20.4. The minimum Gasteiger partial charge on any atom is -0.463 e. The van der Waals surface area contributed by atoms with Crippen LogP contribution in [0.25, 0.3) is 0 Å². The van der Waals surface area contributed by atoms with E-state index in [4.69, 9.17) is 33.9 Å². The Bertz CT molecular complexity index is 747. The van der Waals surface area contributed by atoms with Crippen molar-refractivity contribution in [2.24, 2.45) is 0 Å². The highest BCUT2D eigenvalue weighted by molar-refractivity contribution is 5.77. The number of carbonyl (C=O) groups is 5. The van der Waals surface area contributed by atoms with Crippen molar-refractivity contribution in [1.29, 1.82) is 0 Å². The van der Waals surface area contributed by atoms with Crippen LogP contribution in [0.4, 0.5) is 4.79 Å². The Kier molecular flexibility index (Phi) is 14.3. The van der Waals surface area contributed by atoms with Crippen LogP contribution in [0.2, 0.25) is 0 Å². The smallest absolute Gasteiger partial charge is 0.407 e. The van der Waals surface area contributed by atoms with E-state index in [-0.39, 0.29) is 32.7 Å². The van der Waals surface area contributed by atoms with Crippen LogP contribution in [0.1, 0.15) is 33.6 Å². The molecule has 1 rings (SSSR count). The average Bonchev–Trinajstić information content (AvgIpc) is 2.80. The summed E-state index contributed by atoms with van der Waals surface area (Å²) >= 11 is 0. The highest BCUT2D eigenvalue weighted by Gasteiger charge is 2.44. The third-order valence-corrected chi connectivity index (χ3v) is 4.52. The van der Waals surface area contributed by atoms with Gasteiger partial charge < -0.3 is 49.3 Å². The molecule has 0 bridgehead atoms. The molecular formula is C21H34N2O13. The van der Waals surface area contributed by atoms with Crippen molar-refractivity contribution in [2.75, 3.05) is 39.5 Å². The zero-order chi connectivity index (χ0) is 27.1. The fraction of sp³-hybridized carbons (Fsp3) is 0.762. The van der Waals surface area contributed by atoms with Crippen LogP contribution in [0.3, 0.4) is 0 Å². The molecule has 15 heteroatoms. The highest BCUT2D eigenvalue weighted by atomic mass is 16.7. The number of aliphatic hydroxyl groups excluding tert-OH is 2. The van der Waals surface area contributed by atoms with E-state index in [1.165, 1.54) is 20.8 Å². The zero-order valence-electron chi connectivity index (χ0n) is 20.4. The largest absolute Gasteiger partial charge is 0.463 e. The Balaban J connectivity index is 2.49. The van der Waals surface area contributed by atoms with Crippen LogP contribution in [-0.4, -0.2) is 110 Å². The van der Waals surface area contributed by atoms with Crippen LogP contribution in [0.15, 0.2) is 0 Å². The average molecular weight is 523 g/mol. The Hall–Kier alpha value is -3.01. The SMILES string of the molecule is CC(=O)OCC1OC(OCC(=O)NCCCNC(=O)OCC(O)CO)CC(OC(C)=O)C1OC(C)=O. The van der Waals surface area contributed by atoms with Crippen molar-refractivity contribution in [3.05, 3.63) is 0 Å². The topological polar surface area (TPSA) is 205 Å². The van der Waals surface area contributed by atoms with Gasteiger partial charge in [0.1, 0.15) is 38.1 Å². The Morgan fingerprint density at radius 1 is 0.972 bits per heavy atom. The lowest BCUT2D eigenvalue weighted by Gasteiger charge is -2.39. The molecule has 1 aliphatic heterocycles. The Morgan fingerprint density at radius 2 is 1.64 bits per heavy atom. The summed E-state index contributed by atoms with van der Waals surface area (Å²) in [4.78, 5) is 57.7. The van der Waals surface area contributed by atoms with Crippen LogP contribution in [-0.2, 0) is 47.6 Å². The summed E-state index contributed by atoms with van der Waals surface area (Å²) < 4.78 is 31.2. The van der Waals surface area contributed by atoms with Gasteiger partial charge in [0.2, 0.25) is 5.91 Å². The van der Waals surface area contributed by atoms with E-state index in [9.17, 15) is 24.0 Å². The monoisotopic (exact) mass is 522 g/mol. The summed E-state index contributed by atoms with van der Waals surface area (Å²) in [5, 5.41) is 22.7. The van der Waals surface area contributed by atoms with Gasteiger partial charge in [-0.1, -0.05) is 0 Å². The minimum absolute atomic E-state index is 0.0433. The van der Waals surface area contributed by atoms with Gasteiger partial charge in [-0.25, -0.2) is 4.79 Å². The number of alkyl carbamates (subject to hydrolysis) is 1. The molecule has 1 heterocycles. The lowest BCUT2D eigenvalue weighted by atomic mass is 10.0. The van der Waals surface area contributed by atoms with E-state index >= 15 is 0 Å². The fourth-order valence-electron chi connectivity index (χ4n) is 3.01. The molecule has 36 heavy (non-hydrogen) atoms. The summed E-state index contributed by atoms with van der Waals surface area (Å²) in [5.41, 5.74) is 0. The van der Waals surface area contributed by atoms with E-state index in [1.807, 2.05) is 0 Å². The molecule has 4 N–H and O–H groups in total. The maximum absolute atomic E-state index is 12.1. The van der Waals surface area contributed by atoms with E-state index < -0.39 is 73.8 Å². The number of carbonyl (C=O) groups excluding carboxylic acids is 5. The third-order valence-electron chi connectivity index (χ3n) is 4.52. The quantitative estimate of drug-likeness (QED) is 0.112. The summed E-state index contributed by atoms with van der Waals surface area (Å²) in [5.74, 6) is -2.38. The number of rotatable bonds is 14. The molecule has 5 atom stereocenters. The molecule has 0 radical (unpaired) electrons. The van der Waals surface area contributed by atoms with Crippen LogP contribution < -0.4 is 10.6 Å². The molecule has 0 saturated carbocycles. The first-order chi connectivity index (χ1) is 17.0. The van der Waals surface area contributed by atoms with Crippen LogP contribution in [0.5, 0.6) is 0 Å². The van der Waals surface area contributed by atoms with Crippen LogP contribution in [0, 0.1) is 0 Å². The first kappa shape index (κ1) is 31.0. The number of hydrogen-bond donors (Lipinski definition) is 4. The van der Waals surface area contributed by atoms with E-state index in [2.05, 4.69) is 15.4 Å². The molecule has 2 amide bonds. The molecule has 0 aromatic rings. The standard InChI is InChI=1S/C21H34N2O13/c1-12(25)31-10-17-20(35-14(3)27)16(34-13(2)26)7-19(36-17)32-11-18(29)22-5-4-6-23-21(30)33-9-15(28)8-24/h15-17,19-20,24,28H,4-11H2,1-3H3,(H,22,29)(H,23,30). The van der Waals surface area contributed by atoms with Crippen molar-refractivity contribution in [2.45, 2.75) is 64.3 Å². The van der Waals surface area contributed by atoms with Crippen molar-refractivity contribution in [3.63, 3.8) is 0 Å². The number of amides is 2. The Labute approximate surface area is 207 Å². The minimum atomic E-state index is -1.16. The predicted octanol–water partition coefficient (Wildman–Crippen LogP) is -1.87. The molecule has 1 aliphatic rings. The number of nitrogens with one attached hydrogen (secondary N) is 2. The first-order valence-corrected chi connectivity index (χ1v) is 11.2. The van der Waals surface area contributed by atoms with Crippen molar-refractivity contribution >= 4 is 29.9 Å². The van der Waals surface area contributed by atoms with E-state index in [0.717, 1.165) is 0 Å². The van der Waals surface area contributed by atoms with Gasteiger partial charge in [0, 0.05) is 40.3 Å². The van der Waals surface area contributed by atoms with Crippen molar-refractivity contribution in [3.8, 4) is 0 Å². The number of esters is 3. The van der Waals surface area contributed by atoms with Crippen molar-refractivity contribution < 1.29 is 62.6 Å². The maximum Gasteiger partial charge on any atom is 0.407 e. The molecule has 5 unspecified atom stereocenters. The fourth-order valence-corrected chi connectivity index (χ4v) is 3.01. The highest BCUT2D eigenvalue weighted by Crippen LogP contribution is 2.27. The molecule has 0 aromatic heterocycles. The maximum atomic E-state index is 12.1. The lowest BCUT2D eigenvalue weighted by molar-refractivity contribution is -0.264. The second kappa shape index (κ2) is 16.6. The van der Waals surface area contributed by atoms with Gasteiger partial charge in [0.15, 0.2) is 12.4 Å². The second-order valence-electron chi connectivity index (χ2n) is 7.74. The van der Waals surface area contributed by atoms with Crippen molar-refractivity contribution in [1.82, 2.24) is 10.6 Å². The molecular weight excluding hydrogens is 488 g/mol. The molecule has 1 saturated heterocycles. The lowest BCUT2D eigenvalue weighted by Crippen LogP contribution is -2.54. The van der Waals surface area contributed by atoms with Gasteiger partial charge in [0.05, 0.1) is 6.61 Å². The summed E-state index contributed by atoms with van der Waals surface area (Å²) in [6, 6.07) is 0. The van der Waals surface area contributed by atoms with Gasteiger partial charge >= 0.3 is 24.0 Å². The number of aliphatic hydroxyl groups is 2. The molecule has 1 fully saturated rings. The molecule has 0 spiro atoms. The summed E-state index contributed by atoms with van der Waals surface area (Å²) in [6.07, 6.45) is -5.65. The second-order valence-corrected chi connectivity index (χ2v) is 7.74. The van der Waals surface area contributed by atoms with Crippen LogP contribution >= 0.6 is 0 Å². The summed E-state index contributed by atoms with van der Waals surface area (Å²) in [6.45, 7) is 2.33. The first-order valence-electron chi connectivity index (χ1n) is 11.2. The van der Waals surface area contributed by atoms with Gasteiger partial charge in [-0.3, -0.25) is 19.2 Å². The van der Waals surface area contributed by atoms with E-state index in [0.29, 0.717) is 6.42 Å². The molecule has 206 valence electrons. The Morgan fingerprint density at radius 3 is 2.25 bits per heavy atom. The predicted molar refractivity (Wildman–Crippen MR) is 117 cm³/mol. The van der Waals surface area contributed by atoms with Gasteiger partial charge in [-0.15, -0.1) is 0 Å². The summed E-state index contributed by atoms with van der Waals surface area (Å²) in [7, 11) is 0. The van der Waals surface area contributed by atoms with E-state index in [1.54, 1.807) is 0 Å². The normalized spacial score (nSPS) is 22.0. The molecule has 15 nitrogen and oxygen atoms in total.